The van der Waals surface area contributed by atoms with E-state index in [1.807, 2.05) is 0 Å². The van der Waals surface area contributed by atoms with E-state index in [1.165, 1.54) is 42.3 Å². The molecule has 1 atom stereocenters. The molecule has 1 aliphatic heterocycles. The maximum absolute atomic E-state index is 3.62. The number of H-pyrrole nitrogens is 1. The zero-order valence-corrected chi connectivity index (χ0v) is 11.7. The fourth-order valence-electron chi connectivity index (χ4n) is 3.05. The van der Waals surface area contributed by atoms with Crippen molar-refractivity contribution in [3.05, 3.63) is 36.0 Å². The number of nitrogens with zero attached hydrogens (tertiary/aromatic N) is 1. The van der Waals surface area contributed by atoms with E-state index < -0.39 is 0 Å². The fraction of sp³-hybridized carbons (Fsp3) is 0.500. The lowest BCUT2D eigenvalue weighted by Gasteiger charge is -2.32. The molecule has 3 rings (SSSR count). The van der Waals surface area contributed by atoms with Gasteiger partial charge in [0.05, 0.1) is 0 Å². The van der Waals surface area contributed by atoms with Crippen molar-refractivity contribution < 1.29 is 0 Å². The summed E-state index contributed by atoms with van der Waals surface area (Å²) in [5.41, 5.74) is 2.60. The molecule has 1 unspecified atom stereocenters. The van der Waals surface area contributed by atoms with Crippen LogP contribution in [0.15, 0.2) is 30.5 Å². The minimum absolute atomic E-state index is 0.707. The first-order chi connectivity index (χ1) is 9.34. The van der Waals surface area contributed by atoms with Crippen LogP contribution in [0, 0.1) is 0 Å². The summed E-state index contributed by atoms with van der Waals surface area (Å²) in [5, 5.41) is 4.96. The van der Waals surface area contributed by atoms with Crippen LogP contribution in [0.5, 0.6) is 0 Å². The summed E-state index contributed by atoms with van der Waals surface area (Å²) >= 11 is 0. The second-order valence-electron chi connectivity index (χ2n) is 5.62. The van der Waals surface area contributed by atoms with Crippen LogP contribution >= 0.6 is 0 Å². The van der Waals surface area contributed by atoms with Crippen molar-refractivity contribution in [2.75, 3.05) is 20.1 Å². The van der Waals surface area contributed by atoms with Crippen molar-refractivity contribution in [2.45, 2.75) is 31.8 Å². The first-order valence-electron chi connectivity index (χ1n) is 7.30. The van der Waals surface area contributed by atoms with Gasteiger partial charge in [-0.1, -0.05) is 24.6 Å². The highest BCUT2D eigenvalue weighted by Crippen LogP contribution is 2.18. The number of hydrogen-bond acceptors (Lipinski definition) is 2. The SMILES string of the molecule is CN1CCCCC1CNCc1c[nH]c2ccccc12. The van der Waals surface area contributed by atoms with Gasteiger partial charge < -0.3 is 15.2 Å². The largest absolute Gasteiger partial charge is 0.361 e. The van der Waals surface area contributed by atoms with Crippen molar-refractivity contribution in [3.8, 4) is 0 Å². The average molecular weight is 257 g/mol. The van der Waals surface area contributed by atoms with Gasteiger partial charge in [0.1, 0.15) is 0 Å². The van der Waals surface area contributed by atoms with Gasteiger partial charge in [-0.2, -0.15) is 0 Å². The van der Waals surface area contributed by atoms with Gasteiger partial charge >= 0.3 is 0 Å². The van der Waals surface area contributed by atoms with Crippen LogP contribution in [0.1, 0.15) is 24.8 Å². The molecule has 0 radical (unpaired) electrons. The molecule has 1 aromatic carbocycles. The number of likely N-dealkylation sites (tertiary alicyclic amines) is 1. The van der Waals surface area contributed by atoms with Crippen LogP contribution in [0.25, 0.3) is 10.9 Å². The van der Waals surface area contributed by atoms with E-state index >= 15 is 0 Å². The van der Waals surface area contributed by atoms with E-state index in [0.29, 0.717) is 6.04 Å². The number of aromatic amines is 1. The van der Waals surface area contributed by atoms with Gasteiger partial charge in [-0.25, -0.2) is 0 Å². The summed E-state index contributed by atoms with van der Waals surface area (Å²) in [6.45, 7) is 3.30. The van der Waals surface area contributed by atoms with Crippen LogP contribution in [0.4, 0.5) is 0 Å². The maximum Gasteiger partial charge on any atom is 0.0457 e. The first kappa shape index (κ1) is 12.7. The van der Waals surface area contributed by atoms with Gasteiger partial charge in [0.15, 0.2) is 0 Å². The standard InChI is InChI=1S/C16H23N3/c1-19-9-5-4-6-14(19)12-17-10-13-11-18-16-8-3-2-7-15(13)16/h2-3,7-8,11,14,17-18H,4-6,9-10,12H2,1H3. The molecule has 0 bridgehead atoms. The molecular weight excluding hydrogens is 234 g/mol. The van der Waals surface area contributed by atoms with Crippen LogP contribution in [0.3, 0.4) is 0 Å². The summed E-state index contributed by atoms with van der Waals surface area (Å²) in [6.07, 6.45) is 6.19. The second-order valence-corrected chi connectivity index (χ2v) is 5.62. The molecule has 0 spiro atoms. The number of nitrogens with one attached hydrogen (secondary N) is 2. The third-order valence-electron chi connectivity index (χ3n) is 4.29. The van der Waals surface area contributed by atoms with E-state index in [4.69, 9.17) is 0 Å². The number of likely N-dealkylation sites (N-methyl/N-ethyl adjacent to an activating group) is 1. The topological polar surface area (TPSA) is 31.1 Å². The van der Waals surface area contributed by atoms with E-state index in [2.05, 4.69) is 52.7 Å². The minimum atomic E-state index is 0.707. The molecule has 0 amide bonds. The van der Waals surface area contributed by atoms with Crippen molar-refractivity contribution >= 4 is 10.9 Å². The van der Waals surface area contributed by atoms with E-state index in [-0.39, 0.29) is 0 Å². The highest BCUT2D eigenvalue weighted by molar-refractivity contribution is 5.82. The smallest absolute Gasteiger partial charge is 0.0457 e. The monoisotopic (exact) mass is 257 g/mol. The molecule has 3 nitrogen and oxygen atoms in total. The van der Waals surface area contributed by atoms with Crippen molar-refractivity contribution in [1.82, 2.24) is 15.2 Å². The summed E-state index contributed by atoms with van der Waals surface area (Å²) < 4.78 is 0. The molecule has 2 N–H and O–H groups in total. The summed E-state index contributed by atoms with van der Waals surface area (Å²) in [4.78, 5) is 5.83. The molecule has 2 heterocycles. The Balaban J connectivity index is 1.57. The lowest BCUT2D eigenvalue weighted by molar-refractivity contribution is 0.181. The van der Waals surface area contributed by atoms with Crippen LogP contribution < -0.4 is 5.32 Å². The number of aromatic nitrogens is 1. The van der Waals surface area contributed by atoms with Crippen LogP contribution in [-0.4, -0.2) is 36.1 Å². The summed E-state index contributed by atoms with van der Waals surface area (Å²) in [6, 6.07) is 9.21. The second kappa shape index (κ2) is 5.76. The molecule has 1 aromatic heterocycles. The van der Waals surface area contributed by atoms with E-state index in [1.54, 1.807) is 0 Å². The Bertz CT molecular complexity index is 532. The fourth-order valence-corrected chi connectivity index (χ4v) is 3.05. The zero-order chi connectivity index (χ0) is 13.1. The Morgan fingerprint density at radius 1 is 1.32 bits per heavy atom. The number of hydrogen-bond donors (Lipinski definition) is 2. The van der Waals surface area contributed by atoms with Crippen molar-refractivity contribution in [3.63, 3.8) is 0 Å². The Labute approximate surface area is 115 Å². The summed E-state index contributed by atoms with van der Waals surface area (Å²) in [7, 11) is 2.25. The third-order valence-corrected chi connectivity index (χ3v) is 4.29. The minimum Gasteiger partial charge on any atom is -0.361 e. The molecule has 102 valence electrons. The molecule has 19 heavy (non-hydrogen) atoms. The molecule has 1 fully saturated rings. The normalized spacial score (nSPS) is 21.0. The lowest BCUT2D eigenvalue weighted by Crippen LogP contribution is -2.42. The molecule has 0 saturated carbocycles. The van der Waals surface area contributed by atoms with Gasteiger partial charge in [0, 0.05) is 36.2 Å². The lowest BCUT2D eigenvalue weighted by atomic mass is 10.0. The Morgan fingerprint density at radius 3 is 3.11 bits per heavy atom. The number of rotatable bonds is 4. The maximum atomic E-state index is 3.62. The predicted octanol–water partition coefficient (Wildman–Crippen LogP) is 2.74. The Hall–Kier alpha value is -1.32. The number of benzene rings is 1. The van der Waals surface area contributed by atoms with Gasteiger partial charge in [0.25, 0.3) is 0 Å². The number of piperidine rings is 1. The number of para-hydroxylation sites is 1. The van der Waals surface area contributed by atoms with Crippen molar-refractivity contribution in [2.24, 2.45) is 0 Å². The highest BCUT2D eigenvalue weighted by Gasteiger charge is 2.18. The molecule has 2 aromatic rings. The molecule has 1 aliphatic rings. The molecular formula is C16H23N3. The molecule has 0 aliphatic carbocycles. The van der Waals surface area contributed by atoms with Crippen molar-refractivity contribution in [1.29, 1.82) is 0 Å². The number of fused-ring (bicyclic) bond motifs is 1. The summed E-state index contributed by atoms with van der Waals surface area (Å²) in [5.74, 6) is 0. The van der Waals surface area contributed by atoms with Gasteiger partial charge in [-0.3, -0.25) is 0 Å². The zero-order valence-electron chi connectivity index (χ0n) is 11.7. The van der Waals surface area contributed by atoms with E-state index in [0.717, 1.165) is 13.1 Å². The average Bonchev–Trinajstić information content (AvgIpc) is 2.85. The van der Waals surface area contributed by atoms with Gasteiger partial charge in [-0.05, 0) is 38.1 Å². The quantitative estimate of drug-likeness (QED) is 0.882. The third kappa shape index (κ3) is 2.82. The van der Waals surface area contributed by atoms with Gasteiger partial charge in [0.2, 0.25) is 0 Å². The Morgan fingerprint density at radius 2 is 2.21 bits per heavy atom. The van der Waals surface area contributed by atoms with Gasteiger partial charge in [-0.15, -0.1) is 0 Å². The molecule has 1 saturated heterocycles. The highest BCUT2D eigenvalue weighted by atomic mass is 15.2. The van der Waals surface area contributed by atoms with E-state index in [9.17, 15) is 0 Å². The Kier molecular flexibility index (Phi) is 3.85. The first-order valence-corrected chi connectivity index (χ1v) is 7.30. The van der Waals surface area contributed by atoms with Crippen LogP contribution in [0.2, 0.25) is 0 Å². The van der Waals surface area contributed by atoms with Crippen LogP contribution in [-0.2, 0) is 6.54 Å². The molecule has 3 heteroatoms. The predicted molar refractivity (Wildman–Crippen MR) is 80.3 cm³/mol.